The van der Waals surface area contributed by atoms with E-state index in [1.165, 1.54) is 6.08 Å². The summed E-state index contributed by atoms with van der Waals surface area (Å²) in [5.41, 5.74) is 0.869. The molecule has 1 atom stereocenters. The second kappa shape index (κ2) is 8.04. The minimum Gasteiger partial charge on any atom is -0.351 e. The Morgan fingerprint density at radius 1 is 1.12 bits per heavy atom. The van der Waals surface area contributed by atoms with Crippen molar-refractivity contribution in [3.05, 3.63) is 42.0 Å². The van der Waals surface area contributed by atoms with Crippen molar-refractivity contribution in [1.29, 1.82) is 0 Å². The van der Waals surface area contributed by atoms with Crippen molar-refractivity contribution in [2.24, 2.45) is 0 Å². The SMILES string of the molecule is CC(NC(=O)/C=C/c1ccccc1)C(=O)NC1CC(C)(C)NC(C)(C)C1. The zero-order valence-electron chi connectivity index (χ0n) is 16.4. The number of piperidine rings is 1. The van der Waals surface area contributed by atoms with E-state index in [1.54, 1.807) is 13.0 Å². The van der Waals surface area contributed by atoms with E-state index in [0.29, 0.717) is 0 Å². The molecule has 1 saturated heterocycles. The molecule has 1 aliphatic heterocycles. The fourth-order valence-corrected chi connectivity index (χ4v) is 3.81. The lowest BCUT2D eigenvalue weighted by Gasteiger charge is -2.46. The quantitative estimate of drug-likeness (QED) is 0.710. The number of amides is 2. The summed E-state index contributed by atoms with van der Waals surface area (Å²) in [6, 6.07) is 9.09. The molecule has 0 saturated carbocycles. The molecule has 1 heterocycles. The van der Waals surface area contributed by atoms with Gasteiger partial charge in [0, 0.05) is 23.2 Å². The Kier molecular flexibility index (Phi) is 6.24. The second-order valence-corrected chi connectivity index (χ2v) is 8.48. The van der Waals surface area contributed by atoms with Crippen molar-refractivity contribution in [2.45, 2.75) is 70.6 Å². The maximum Gasteiger partial charge on any atom is 0.244 e. The van der Waals surface area contributed by atoms with Gasteiger partial charge in [0.25, 0.3) is 0 Å². The lowest BCUT2D eigenvalue weighted by atomic mass is 9.79. The molecule has 0 spiro atoms. The summed E-state index contributed by atoms with van der Waals surface area (Å²) in [5.74, 6) is -0.424. The van der Waals surface area contributed by atoms with Gasteiger partial charge in [-0.05, 0) is 59.1 Å². The molecule has 1 aliphatic rings. The third kappa shape index (κ3) is 6.30. The van der Waals surface area contributed by atoms with Gasteiger partial charge >= 0.3 is 0 Å². The molecule has 1 aromatic rings. The molecule has 5 nitrogen and oxygen atoms in total. The van der Waals surface area contributed by atoms with Crippen LogP contribution in [0.25, 0.3) is 6.08 Å². The third-order valence-electron chi connectivity index (χ3n) is 4.52. The monoisotopic (exact) mass is 357 g/mol. The first-order chi connectivity index (χ1) is 12.1. The fraction of sp³-hybridized carbons (Fsp3) is 0.524. The summed E-state index contributed by atoms with van der Waals surface area (Å²) in [6.45, 7) is 10.3. The number of carbonyl (C=O) groups excluding carboxylic acids is 2. The molecule has 1 aromatic carbocycles. The highest BCUT2D eigenvalue weighted by molar-refractivity contribution is 5.95. The molecular weight excluding hydrogens is 326 g/mol. The molecule has 2 amide bonds. The van der Waals surface area contributed by atoms with Crippen LogP contribution < -0.4 is 16.0 Å². The summed E-state index contributed by atoms with van der Waals surface area (Å²) < 4.78 is 0. The molecule has 5 heteroatoms. The van der Waals surface area contributed by atoms with Gasteiger partial charge in [-0.15, -0.1) is 0 Å². The highest BCUT2D eigenvalue weighted by atomic mass is 16.2. The fourth-order valence-electron chi connectivity index (χ4n) is 3.81. The zero-order chi connectivity index (χ0) is 19.4. The molecular formula is C21H31N3O2. The van der Waals surface area contributed by atoms with Gasteiger partial charge in [-0.25, -0.2) is 0 Å². The molecule has 0 bridgehead atoms. The minimum absolute atomic E-state index is 0.0371. The number of hydrogen-bond acceptors (Lipinski definition) is 3. The van der Waals surface area contributed by atoms with Gasteiger partial charge in [-0.1, -0.05) is 30.3 Å². The van der Waals surface area contributed by atoms with Gasteiger partial charge in [0.15, 0.2) is 0 Å². The van der Waals surface area contributed by atoms with Gasteiger partial charge < -0.3 is 16.0 Å². The number of carbonyl (C=O) groups is 2. The Balaban J connectivity index is 1.87. The first-order valence-corrected chi connectivity index (χ1v) is 9.20. The minimum atomic E-state index is -0.580. The summed E-state index contributed by atoms with van der Waals surface area (Å²) in [5, 5.41) is 9.42. The van der Waals surface area contributed by atoms with Gasteiger partial charge in [-0.3, -0.25) is 9.59 Å². The second-order valence-electron chi connectivity index (χ2n) is 8.48. The van der Waals surface area contributed by atoms with Crippen LogP contribution in [-0.4, -0.2) is 35.0 Å². The Bertz CT molecular complexity index is 649. The number of rotatable bonds is 5. The number of benzene rings is 1. The van der Waals surface area contributed by atoms with Crippen molar-refractivity contribution in [2.75, 3.05) is 0 Å². The van der Waals surface area contributed by atoms with E-state index in [0.717, 1.165) is 18.4 Å². The first-order valence-electron chi connectivity index (χ1n) is 9.20. The van der Waals surface area contributed by atoms with Crippen molar-refractivity contribution < 1.29 is 9.59 Å². The summed E-state index contributed by atoms with van der Waals surface area (Å²) >= 11 is 0. The van der Waals surface area contributed by atoms with Crippen molar-refractivity contribution in [3.63, 3.8) is 0 Å². The highest BCUT2D eigenvalue weighted by Crippen LogP contribution is 2.28. The van der Waals surface area contributed by atoms with Crippen molar-refractivity contribution in [3.8, 4) is 0 Å². The van der Waals surface area contributed by atoms with E-state index in [4.69, 9.17) is 0 Å². The van der Waals surface area contributed by atoms with Crippen LogP contribution >= 0.6 is 0 Å². The van der Waals surface area contributed by atoms with E-state index in [-0.39, 0.29) is 28.9 Å². The maximum atomic E-state index is 12.5. The smallest absolute Gasteiger partial charge is 0.244 e. The molecule has 2 rings (SSSR count). The molecule has 26 heavy (non-hydrogen) atoms. The van der Waals surface area contributed by atoms with E-state index >= 15 is 0 Å². The van der Waals surface area contributed by atoms with Crippen LogP contribution in [0.5, 0.6) is 0 Å². The van der Waals surface area contributed by atoms with Crippen LogP contribution in [-0.2, 0) is 9.59 Å². The lowest BCUT2D eigenvalue weighted by molar-refractivity contribution is -0.127. The van der Waals surface area contributed by atoms with Crippen LogP contribution in [0.4, 0.5) is 0 Å². The average molecular weight is 357 g/mol. The van der Waals surface area contributed by atoms with Crippen LogP contribution in [0.3, 0.4) is 0 Å². The largest absolute Gasteiger partial charge is 0.351 e. The predicted octanol–water partition coefficient (Wildman–Crippen LogP) is 2.63. The van der Waals surface area contributed by atoms with E-state index < -0.39 is 6.04 Å². The van der Waals surface area contributed by atoms with Crippen molar-refractivity contribution in [1.82, 2.24) is 16.0 Å². The normalized spacial score (nSPS) is 20.5. The van der Waals surface area contributed by atoms with E-state index in [2.05, 4.69) is 43.6 Å². The average Bonchev–Trinajstić information content (AvgIpc) is 2.50. The molecule has 0 aromatic heterocycles. The topological polar surface area (TPSA) is 70.2 Å². The summed E-state index contributed by atoms with van der Waals surface area (Å²) in [4.78, 5) is 24.5. The highest BCUT2D eigenvalue weighted by Gasteiger charge is 2.38. The summed E-state index contributed by atoms with van der Waals surface area (Å²) in [6.07, 6.45) is 4.90. The van der Waals surface area contributed by atoms with Crippen LogP contribution in [0.15, 0.2) is 36.4 Å². The van der Waals surface area contributed by atoms with Gasteiger partial charge in [0.1, 0.15) is 6.04 Å². The van der Waals surface area contributed by atoms with Crippen LogP contribution in [0.1, 0.15) is 53.0 Å². The number of nitrogens with one attached hydrogen (secondary N) is 3. The molecule has 3 N–H and O–H groups in total. The molecule has 142 valence electrons. The third-order valence-corrected chi connectivity index (χ3v) is 4.52. The van der Waals surface area contributed by atoms with Gasteiger partial charge in [0.05, 0.1) is 0 Å². The molecule has 0 radical (unpaired) electrons. The Morgan fingerprint density at radius 2 is 1.69 bits per heavy atom. The van der Waals surface area contributed by atoms with Crippen LogP contribution in [0, 0.1) is 0 Å². The van der Waals surface area contributed by atoms with E-state index in [1.807, 2.05) is 30.3 Å². The Labute approximate surface area is 156 Å². The Hall–Kier alpha value is -2.14. The molecule has 0 aliphatic carbocycles. The molecule has 1 unspecified atom stereocenters. The Morgan fingerprint density at radius 3 is 2.27 bits per heavy atom. The van der Waals surface area contributed by atoms with E-state index in [9.17, 15) is 9.59 Å². The van der Waals surface area contributed by atoms with Crippen molar-refractivity contribution >= 4 is 17.9 Å². The molecule has 1 fully saturated rings. The standard InChI is InChI=1S/C21H31N3O2/c1-15(22-18(25)12-11-16-9-7-6-8-10-16)19(26)23-17-13-20(2,3)24-21(4,5)14-17/h6-12,15,17,24H,13-14H2,1-5H3,(H,22,25)(H,23,26)/b12-11+. The lowest BCUT2D eigenvalue weighted by Crippen LogP contribution is -2.63. The number of hydrogen-bond donors (Lipinski definition) is 3. The first kappa shape index (κ1) is 20.2. The van der Waals surface area contributed by atoms with Gasteiger partial charge in [-0.2, -0.15) is 0 Å². The predicted molar refractivity (Wildman–Crippen MR) is 106 cm³/mol. The maximum absolute atomic E-state index is 12.5. The summed E-state index contributed by atoms with van der Waals surface area (Å²) in [7, 11) is 0. The van der Waals surface area contributed by atoms with Crippen LogP contribution in [0.2, 0.25) is 0 Å². The van der Waals surface area contributed by atoms with Gasteiger partial charge in [0.2, 0.25) is 11.8 Å². The zero-order valence-corrected chi connectivity index (χ0v) is 16.4.